The number of esters is 2. The van der Waals surface area contributed by atoms with Gasteiger partial charge >= 0.3 is 11.9 Å². The van der Waals surface area contributed by atoms with Crippen LogP contribution in [0.3, 0.4) is 0 Å². The van der Waals surface area contributed by atoms with Gasteiger partial charge in [0.2, 0.25) is 5.95 Å². The molecule has 11 heteroatoms. The van der Waals surface area contributed by atoms with Gasteiger partial charge in [0.25, 0.3) is 5.56 Å². The Morgan fingerprint density at radius 3 is 2.68 bits per heavy atom. The van der Waals surface area contributed by atoms with E-state index in [2.05, 4.69) is 15.0 Å². The molecule has 0 radical (unpaired) electrons. The monoisotopic (exact) mass is 394 g/mol. The number of carbonyl (C=O) groups is 2. The Labute approximate surface area is 161 Å². The zero-order chi connectivity index (χ0) is 20.8. The second-order valence-electron chi connectivity index (χ2n) is 6.91. The highest BCUT2D eigenvalue weighted by Gasteiger charge is 2.20. The number of nitrogens with zero attached hydrogens (tertiary/aromatic N) is 3. The minimum atomic E-state index is -0.691. The van der Waals surface area contributed by atoms with Gasteiger partial charge in [0, 0.05) is 19.4 Å². The largest absolute Gasteiger partial charge is 0.466 e. The average molecular weight is 394 g/mol. The lowest BCUT2D eigenvalue weighted by molar-refractivity contribution is -0.148. The van der Waals surface area contributed by atoms with E-state index in [1.165, 1.54) is 13.3 Å². The quantitative estimate of drug-likeness (QED) is 0.487. The Morgan fingerprint density at radius 1 is 1.32 bits per heavy atom. The second kappa shape index (κ2) is 9.31. The topological polar surface area (TPSA) is 168 Å². The fourth-order valence-corrected chi connectivity index (χ4v) is 2.54. The number of anilines is 1. The Morgan fingerprint density at radius 2 is 2.04 bits per heavy atom. The minimum absolute atomic E-state index is 0.0209. The number of fused-ring (bicyclic) bond motifs is 1. The maximum atomic E-state index is 11.9. The number of H-pyrrole nitrogens is 1. The molecule has 0 fully saturated rings. The van der Waals surface area contributed by atoms with Crippen molar-refractivity contribution in [3.63, 3.8) is 0 Å². The lowest BCUT2D eigenvalue weighted by atomic mass is 10.1. The third kappa shape index (κ3) is 5.52. The molecule has 0 aromatic carbocycles. The van der Waals surface area contributed by atoms with Gasteiger partial charge < -0.3 is 25.5 Å². The van der Waals surface area contributed by atoms with Crippen molar-refractivity contribution in [1.29, 1.82) is 0 Å². The Kier molecular flexibility index (Phi) is 7.10. The normalized spacial score (nSPS) is 13.5. The molecule has 5 N–H and O–H groups in total. The Balaban J connectivity index is 2.08. The molecule has 0 saturated heterocycles. The molecule has 0 saturated carbocycles. The summed E-state index contributed by atoms with van der Waals surface area (Å²) in [4.78, 5) is 45.5. The summed E-state index contributed by atoms with van der Waals surface area (Å²) in [5.74, 6) is -1.15. The van der Waals surface area contributed by atoms with Crippen molar-refractivity contribution in [1.82, 2.24) is 19.5 Å². The van der Waals surface area contributed by atoms with Gasteiger partial charge in [-0.3, -0.25) is 19.4 Å². The molecule has 11 nitrogen and oxygen atoms in total. The SMILES string of the molecule is CC(=O)OC[C@@H](CCOC(=O)C(N)C(C)C)Cn1cnc2c(=O)[nH]c(N)nc21. The molecule has 2 aromatic rings. The number of nitrogens with two attached hydrogens (primary N) is 2. The molecule has 28 heavy (non-hydrogen) atoms. The zero-order valence-corrected chi connectivity index (χ0v) is 16.2. The second-order valence-corrected chi connectivity index (χ2v) is 6.91. The highest BCUT2D eigenvalue weighted by atomic mass is 16.5. The van der Waals surface area contributed by atoms with E-state index in [4.69, 9.17) is 20.9 Å². The number of nitrogen functional groups attached to an aromatic ring is 1. The van der Waals surface area contributed by atoms with Crippen LogP contribution < -0.4 is 17.0 Å². The maximum Gasteiger partial charge on any atom is 0.323 e. The summed E-state index contributed by atoms with van der Waals surface area (Å²) in [5, 5.41) is 0. The fraction of sp³-hybridized carbons (Fsp3) is 0.588. The minimum Gasteiger partial charge on any atom is -0.466 e. The zero-order valence-electron chi connectivity index (χ0n) is 16.2. The molecule has 0 bridgehead atoms. The molecular weight excluding hydrogens is 368 g/mol. The Hall–Kier alpha value is -2.95. The van der Waals surface area contributed by atoms with E-state index in [0.29, 0.717) is 18.6 Å². The molecule has 0 spiro atoms. The summed E-state index contributed by atoms with van der Waals surface area (Å²) in [6.45, 7) is 5.55. The van der Waals surface area contributed by atoms with Gasteiger partial charge in [-0.1, -0.05) is 13.8 Å². The van der Waals surface area contributed by atoms with Crippen molar-refractivity contribution in [2.75, 3.05) is 18.9 Å². The predicted octanol–water partition coefficient (Wildman–Crippen LogP) is -0.202. The van der Waals surface area contributed by atoms with Crippen molar-refractivity contribution in [3.8, 4) is 0 Å². The molecule has 0 amide bonds. The highest BCUT2D eigenvalue weighted by molar-refractivity contribution is 5.75. The van der Waals surface area contributed by atoms with Gasteiger partial charge in [0.05, 0.1) is 19.5 Å². The van der Waals surface area contributed by atoms with Crippen LogP contribution in [0.2, 0.25) is 0 Å². The van der Waals surface area contributed by atoms with E-state index < -0.39 is 23.5 Å². The number of aromatic amines is 1. The van der Waals surface area contributed by atoms with Crippen molar-refractivity contribution in [3.05, 3.63) is 16.7 Å². The van der Waals surface area contributed by atoms with Crippen LogP contribution in [0, 0.1) is 11.8 Å². The smallest absolute Gasteiger partial charge is 0.323 e. The van der Waals surface area contributed by atoms with Gasteiger partial charge in [-0.15, -0.1) is 0 Å². The van der Waals surface area contributed by atoms with Crippen LogP contribution in [0.4, 0.5) is 5.95 Å². The molecule has 1 unspecified atom stereocenters. The van der Waals surface area contributed by atoms with E-state index in [-0.39, 0.29) is 36.5 Å². The van der Waals surface area contributed by atoms with Gasteiger partial charge in [0.1, 0.15) is 6.04 Å². The van der Waals surface area contributed by atoms with Crippen LogP contribution in [0.25, 0.3) is 11.2 Å². The van der Waals surface area contributed by atoms with Gasteiger partial charge in [0.15, 0.2) is 11.2 Å². The van der Waals surface area contributed by atoms with Gasteiger partial charge in [-0.25, -0.2) is 4.98 Å². The molecule has 0 aliphatic heterocycles. The lowest BCUT2D eigenvalue weighted by Gasteiger charge is -2.19. The summed E-state index contributed by atoms with van der Waals surface area (Å²) in [5.41, 5.74) is 11.4. The van der Waals surface area contributed by atoms with Crippen LogP contribution in [0.15, 0.2) is 11.1 Å². The highest BCUT2D eigenvalue weighted by Crippen LogP contribution is 2.14. The summed E-state index contributed by atoms with van der Waals surface area (Å²) in [7, 11) is 0. The van der Waals surface area contributed by atoms with Crippen LogP contribution in [0.1, 0.15) is 27.2 Å². The average Bonchev–Trinajstić information content (AvgIpc) is 3.01. The first-order valence-electron chi connectivity index (χ1n) is 8.95. The molecule has 2 heterocycles. The van der Waals surface area contributed by atoms with Crippen molar-refractivity contribution in [2.45, 2.75) is 39.8 Å². The van der Waals surface area contributed by atoms with Crippen molar-refractivity contribution in [2.24, 2.45) is 17.6 Å². The van der Waals surface area contributed by atoms with Crippen LogP contribution >= 0.6 is 0 Å². The van der Waals surface area contributed by atoms with E-state index in [0.717, 1.165) is 0 Å². The standard InChI is InChI=1S/C17H26N6O5/c1-9(2)12(18)16(26)27-5-4-11(7-28-10(3)24)6-23-8-20-13-14(23)21-17(19)22-15(13)25/h8-9,11-12H,4-7,18H2,1-3H3,(H3,19,21,22,25)/t11-,12?/m0/s1. The lowest BCUT2D eigenvalue weighted by Crippen LogP contribution is -2.37. The number of carbonyl (C=O) groups excluding carboxylic acids is 2. The number of ether oxygens (including phenoxy) is 2. The first kappa shape index (κ1) is 21.4. The number of imidazole rings is 1. The summed E-state index contributed by atoms with van der Waals surface area (Å²) >= 11 is 0. The van der Waals surface area contributed by atoms with Crippen molar-refractivity contribution < 1.29 is 19.1 Å². The third-order valence-corrected chi connectivity index (χ3v) is 4.23. The van der Waals surface area contributed by atoms with E-state index in [9.17, 15) is 14.4 Å². The molecule has 2 rings (SSSR count). The summed E-state index contributed by atoms with van der Waals surface area (Å²) in [6, 6.07) is -0.691. The number of rotatable bonds is 9. The number of hydrogen-bond acceptors (Lipinski definition) is 9. The molecule has 0 aliphatic rings. The molecular formula is C17H26N6O5. The first-order chi connectivity index (χ1) is 13.2. The van der Waals surface area contributed by atoms with Crippen molar-refractivity contribution >= 4 is 29.1 Å². The molecule has 0 aliphatic carbocycles. The maximum absolute atomic E-state index is 11.9. The molecule has 2 atom stereocenters. The third-order valence-electron chi connectivity index (χ3n) is 4.23. The van der Waals surface area contributed by atoms with E-state index in [1.54, 1.807) is 4.57 Å². The van der Waals surface area contributed by atoms with Crippen LogP contribution in [-0.2, 0) is 25.6 Å². The Bertz CT molecular complexity index is 890. The fourth-order valence-electron chi connectivity index (χ4n) is 2.54. The summed E-state index contributed by atoms with van der Waals surface area (Å²) in [6.07, 6.45) is 1.88. The van der Waals surface area contributed by atoms with E-state index in [1.807, 2.05) is 13.8 Å². The van der Waals surface area contributed by atoms with Gasteiger partial charge in [-0.05, 0) is 12.3 Å². The molecule has 154 valence electrons. The summed E-state index contributed by atoms with van der Waals surface area (Å²) < 4.78 is 12.0. The first-order valence-corrected chi connectivity index (χ1v) is 8.95. The number of hydrogen-bond donors (Lipinski definition) is 3. The van der Waals surface area contributed by atoms with E-state index >= 15 is 0 Å². The van der Waals surface area contributed by atoms with Crippen LogP contribution in [-0.4, -0.2) is 50.7 Å². The van der Waals surface area contributed by atoms with Crippen LogP contribution in [0.5, 0.6) is 0 Å². The predicted molar refractivity (Wildman–Crippen MR) is 101 cm³/mol. The number of nitrogens with one attached hydrogen (secondary N) is 1. The van der Waals surface area contributed by atoms with Gasteiger partial charge in [-0.2, -0.15) is 4.98 Å². The number of aromatic nitrogens is 4. The molecule has 2 aromatic heterocycles.